The molecule has 1 aliphatic heterocycles. The van der Waals surface area contributed by atoms with E-state index in [1.807, 2.05) is 30.3 Å². The van der Waals surface area contributed by atoms with Gasteiger partial charge in [0.25, 0.3) is 5.91 Å². The van der Waals surface area contributed by atoms with Crippen LogP contribution in [-0.2, 0) is 4.79 Å². The third-order valence-electron chi connectivity index (χ3n) is 4.00. The molecule has 2 aromatic heterocycles. The summed E-state index contributed by atoms with van der Waals surface area (Å²) in [5, 5.41) is 10.4. The monoisotopic (exact) mass is 432 g/mol. The highest BCUT2D eigenvalue weighted by atomic mass is 79.9. The summed E-state index contributed by atoms with van der Waals surface area (Å²) >= 11 is 4.62. The van der Waals surface area contributed by atoms with Crippen molar-refractivity contribution in [2.75, 3.05) is 16.8 Å². The number of hydrogen-bond donors (Lipinski definition) is 1. The third-order valence-corrected chi connectivity index (χ3v) is 5.62. The number of thiophene rings is 1. The van der Waals surface area contributed by atoms with Crippen LogP contribution in [0.1, 0.15) is 27.9 Å². The first-order valence-corrected chi connectivity index (χ1v) is 9.46. The van der Waals surface area contributed by atoms with Gasteiger partial charge in [0, 0.05) is 18.7 Å². The molecule has 0 spiro atoms. The zero-order chi connectivity index (χ0) is 18.1. The standard InChI is InChI=1S/C17H13BrN4O3S/c18-13-7-6-12(26-13)15(24)19-17-21-20-16(25-17)10-8-14(23)22(9-10)11-4-2-1-3-5-11/h1-7,10H,8-9H2,(H,19,21,24). The molecular weight excluding hydrogens is 420 g/mol. The normalized spacial score (nSPS) is 16.9. The molecule has 9 heteroatoms. The second kappa shape index (κ2) is 7.00. The molecule has 4 rings (SSSR count). The second-order valence-electron chi connectivity index (χ2n) is 5.74. The molecule has 0 aliphatic carbocycles. The molecule has 1 fully saturated rings. The fourth-order valence-corrected chi connectivity index (χ4v) is 4.06. The van der Waals surface area contributed by atoms with Gasteiger partial charge in [-0.05, 0) is 40.2 Å². The summed E-state index contributed by atoms with van der Waals surface area (Å²) in [5.41, 5.74) is 0.844. The lowest BCUT2D eigenvalue weighted by Crippen LogP contribution is -2.24. The van der Waals surface area contributed by atoms with Crippen LogP contribution in [0.25, 0.3) is 0 Å². The molecule has 1 unspecified atom stereocenters. The van der Waals surface area contributed by atoms with Gasteiger partial charge in [-0.25, -0.2) is 0 Å². The van der Waals surface area contributed by atoms with Crippen LogP contribution in [0, 0.1) is 0 Å². The molecule has 1 aromatic carbocycles. The highest BCUT2D eigenvalue weighted by Gasteiger charge is 2.35. The van der Waals surface area contributed by atoms with Crippen molar-refractivity contribution in [1.29, 1.82) is 0 Å². The summed E-state index contributed by atoms with van der Waals surface area (Å²) in [7, 11) is 0. The van der Waals surface area contributed by atoms with Crippen molar-refractivity contribution in [3.05, 3.63) is 57.0 Å². The molecule has 2 amide bonds. The first-order chi connectivity index (χ1) is 12.6. The Labute approximate surface area is 161 Å². The number of carbonyl (C=O) groups excluding carboxylic acids is 2. The molecule has 1 N–H and O–H groups in total. The fraction of sp³-hybridized carbons (Fsp3) is 0.176. The molecule has 3 aromatic rings. The minimum atomic E-state index is -0.315. The Kier molecular flexibility index (Phi) is 4.56. The Bertz CT molecular complexity index is 956. The van der Waals surface area contributed by atoms with Crippen LogP contribution in [0.15, 0.2) is 50.7 Å². The fourth-order valence-electron chi connectivity index (χ4n) is 2.78. The van der Waals surface area contributed by atoms with E-state index in [2.05, 4.69) is 31.4 Å². The number of benzene rings is 1. The number of halogens is 1. The Morgan fingerprint density at radius 2 is 2.04 bits per heavy atom. The smallest absolute Gasteiger partial charge is 0.322 e. The SMILES string of the molecule is O=C(Nc1nnc(C2CC(=O)N(c3ccccc3)C2)o1)c1ccc(Br)s1. The average Bonchev–Trinajstić information content (AvgIpc) is 3.36. The van der Waals surface area contributed by atoms with Crippen LogP contribution >= 0.6 is 27.3 Å². The number of rotatable bonds is 4. The zero-order valence-corrected chi connectivity index (χ0v) is 15.8. The summed E-state index contributed by atoms with van der Waals surface area (Å²) in [4.78, 5) is 26.7. The maximum absolute atomic E-state index is 12.3. The topological polar surface area (TPSA) is 88.3 Å². The van der Waals surface area contributed by atoms with Crippen molar-refractivity contribution >= 4 is 50.8 Å². The van der Waals surface area contributed by atoms with Crippen molar-refractivity contribution in [3.63, 3.8) is 0 Å². The lowest BCUT2D eigenvalue weighted by molar-refractivity contribution is -0.117. The number of para-hydroxylation sites is 1. The van der Waals surface area contributed by atoms with Gasteiger partial charge < -0.3 is 9.32 Å². The first kappa shape index (κ1) is 16.9. The number of amides is 2. The molecule has 0 saturated carbocycles. The zero-order valence-electron chi connectivity index (χ0n) is 13.4. The highest BCUT2D eigenvalue weighted by molar-refractivity contribution is 9.11. The van der Waals surface area contributed by atoms with Gasteiger partial charge in [-0.1, -0.05) is 23.3 Å². The lowest BCUT2D eigenvalue weighted by Gasteiger charge is -2.15. The molecule has 3 heterocycles. The van der Waals surface area contributed by atoms with Crippen molar-refractivity contribution in [3.8, 4) is 0 Å². The molecule has 7 nitrogen and oxygen atoms in total. The van der Waals surface area contributed by atoms with Crippen LogP contribution in [0.4, 0.5) is 11.7 Å². The van der Waals surface area contributed by atoms with E-state index in [0.717, 1.165) is 9.47 Å². The molecule has 1 aliphatic rings. The Morgan fingerprint density at radius 1 is 1.23 bits per heavy atom. The first-order valence-electron chi connectivity index (χ1n) is 7.85. The minimum Gasteiger partial charge on any atom is -0.407 e. The number of carbonyl (C=O) groups is 2. The highest BCUT2D eigenvalue weighted by Crippen LogP contribution is 2.31. The largest absolute Gasteiger partial charge is 0.407 e. The molecule has 26 heavy (non-hydrogen) atoms. The van der Waals surface area contributed by atoms with Crippen molar-refractivity contribution in [2.24, 2.45) is 0 Å². The number of anilines is 2. The Balaban J connectivity index is 1.45. The minimum absolute atomic E-state index is 0.00780. The van der Waals surface area contributed by atoms with Crippen molar-refractivity contribution in [1.82, 2.24) is 10.2 Å². The van der Waals surface area contributed by atoms with E-state index in [9.17, 15) is 9.59 Å². The van der Waals surface area contributed by atoms with Crippen LogP contribution in [0.5, 0.6) is 0 Å². The van der Waals surface area contributed by atoms with Gasteiger partial charge in [0.05, 0.1) is 14.6 Å². The van der Waals surface area contributed by atoms with Gasteiger partial charge in [-0.3, -0.25) is 14.9 Å². The molecular formula is C17H13BrN4O3S. The quantitative estimate of drug-likeness (QED) is 0.679. The van der Waals surface area contributed by atoms with Gasteiger partial charge in [0.2, 0.25) is 11.8 Å². The summed E-state index contributed by atoms with van der Waals surface area (Å²) in [5.74, 6) is -0.158. The van der Waals surface area contributed by atoms with Gasteiger partial charge in [-0.2, -0.15) is 0 Å². The predicted molar refractivity (Wildman–Crippen MR) is 100 cm³/mol. The third kappa shape index (κ3) is 3.40. The summed E-state index contributed by atoms with van der Waals surface area (Å²) in [6.07, 6.45) is 0.294. The van der Waals surface area contributed by atoms with E-state index >= 15 is 0 Å². The Hall–Kier alpha value is -2.52. The maximum Gasteiger partial charge on any atom is 0.322 e. The second-order valence-corrected chi connectivity index (χ2v) is 8.21. The molecule has 132 valence electrons. The van der Waals surface area contributed by atoms with Crippen molar-refractivity contribution < 1.29 is 14.0 Å². The molecule has 1 atom stereocenters. The lowest BCUT2D eigenvalue weighted by atomic mass is 10.1. The van der Waals surface area contributed by atoms with E-state index in [-0.39, 0.29) is 23.7 Å². The number of aromatic nitrogens is 2. The molecule has 0 radical (unpaired) electrons. The predicted octanol–water partition coefficient (Wildman–Crippen LogP) is 3.67. The van der Waals surface area contributed by atoms with Crippen LogP contribution in [0.2, 0.25) is 0 Å². The van der Waals surface area contributed by atoms with E-state index in [1.165, 1.54) is 11.3 Å². The number of nitrogens with one attached hydrogen (secondary N) is 1. The number of nitrogens with zero attached hydrogens (tertiary/aromatic N) is 3. The van der Waals surface area contributed by atoms with E-state index in [1.54, 1.807) is 17.0 Å². The van der Waals surface area contributed by atoms with Crippen LogP contribution in [-0.4, -0.2) is 28.6 Å². The van der Waals surface area contributed by atoms with Gasteiger partial charge in [-0.15, -0.1) is 16.4 Å². The summed E-state index contributed by atoms with van der Waals surface area (Å²) in [6, 6.07) is 13.0. The van der Waals surface area contributed by atoms with E-state index < -0.39 is 0 Å². The average molecular weight is 433 g/mol. The van der Waals surface area contributed by atoms with Crippen molar-refractivity contribution in [2.45, 2.75) is 12.3 Å². The molecule has 0 bridgehead atoms. The van der Waals surface area contributed by atoms with Crippen LogP contribution < -0.4 is 10.2 Å². The summed E-state index contributed by atoms with van der Waals surface area (Å²) < 4.78 is 6.42. The molecule has 1 saturated heterocycles. The summed E-state index contributed by atoms with van der Waals surface area (Å²) in [6.45, 7) is 0.469. The maximum atomic E-state index is 12.3. The van der Waals surface area contributed by atoms with E-state index in [4.69, 9.17) is 4.42 Å². The van der Waals surface area contributed by atoms with Crippen LogP contribution in [0.3, 0.4) is 0 Å². The number of hydrogen-bond acceptors (Lipinski definition) is 6. The van der Waals surface area contributed by atoms with E-state index in [0.29, 0.717) is 23.7 Å². The van der Waals surface area contributed by atoms with Gasteiger partial charge >= 0.3 is 6.01 Å². The van der Waals surface area contributed by atoms with Gasteiger partial charge in [0.1, 0.15) is 0 Å². The van der Waals surface area contributed by atoms with Gasteiger partial charge in [0.15, 0.2) is 0 Å². The Morgan fingerprint density at radius 3 is 2.77 bits per heavy atom.